The molecule has 5 rings (SSSR count). The molecule has 4 aliphatic rings. The lowest BCUT2D eigenvalue weighted by Crippen LogP contribution is -2.60. The van der Waals surface area contributed by atoms with E-state index in [4.69, 9.17) is 0 Å². The van der Waals surface area contributed by atoms with E-state index in [0.29, 0.717) is 11.3 Å². The number of nitrogens with zero attached hydrogens (tertiary/aromatic N) is 2. The molecular formula is C25H36N2O. The molecule has 3 nitrogen and oxygen atoms in total. The Labute approximate surface area is 170 Å². The third-order valence-corrected chi connectivity index (χ3v) is 9.47. The molecule has 28 heavy (non-hydrogen) atoms. The first-order chi connectivity index (χ1) is 13.4. The smallest absolute Gasteiger partial charge is 0.0810 e. The van der Waals surface area contributed by atoms with E-state index in [2.05, 4.69) is 42.9 Å². The second-order valence-corrected chi connectivity index (χ2v) is 10.7. The van der Waals surface area contributed by atoms with Crippen LogP contribution in [-0.2, 0) is 0 Å². The van der Waals surface area contributed by atoms with Gasteiger partial charge in [0.1, 0.15) is 0 Å². The molecule has 1 aromatic rings. The van der Waals surface area contributed by atoms with Crippen LogP contribution in [0.2, 0.25) is 0 Å². The third-order valence-electron chi connectivity index (χ3n) is 9.47. The third kappa shape index (κ3) is 2.65. The number of aliphatic hydroxyl groups is 1. The summed E-state index contributed by atoms with van der Waals surface area (Å²) in [6.45, 7) is 6.25. The maximum Gasteiger partial charge on any atom is 0.0810 e. The SMILES string of the molecule is CN1CCC[C@]2(C)[C@H]3CC[C@]4(C)[C@@H](O)/C(=C/c5ccccn5)C[C@H]4[C@@H]3CC[C@@H]12. The summed E-state index contributed by atoms with van der Waals surface area (Å²) in [7, 11) is 2.35. The molecule has 1 aromatic heterocycles. The fraction of sp³-hybridized carbons (Fsp3) is 0.720. The van der Waals surface area contributed by atoms with Crippen LogP contribution in [0.25, 0.3) is 6.08 Å². The van der Waals surface area contributed by atoms with Gasteiger partial charge >= 0.3 is 0 Å². The van der Waals surface area contributed by atoms with Gasteiger partial charge in [-0.15, -0.1) is 0 Å². The number of hydrogen-bond donors (Lipinski definition) is 1. The lowest BCUT2D eigenvalue weighted by atomic mass is 9.47. The number of pyridine rings is 1. The van der Waals surface area contributed by atoms with Crippen molar-refractivity contribution in [1.29, 1.82) is 0 Å². The Balaban J connectivity index is 1.46. The Morgan fingerprint density at radius 1 is 1.11 bits per heavy atom. The number of fused-ring (bicyclic) bond motifs is 5. The number of aliphatic hydroxyl groups excluding tert-OH is 1. The molecular weight excluding hydrogens is 344 g/mol. The molecule has 7 atom stereocenters. The van der Waals surface area contributed by atoms with Crippen molar-refractivity contribution in [3.05, 3.63) is 35.7 Å². The van der Waals surface area contributed by atoms with Crippen LogP contribution in [0.3, 0.4) is 0 Å². The highest BCUT2D eigenvalue weighted by molar-refractivity contribution is 5.52. The lowest BCUT2D eigenvalue weighted by Gasteiger charge is -2.61. The molecule has 0 amide bonds. The summed E-state index contributed by atoms with van der Waals surface area (Å²) in [6, 6.07) is 6.81. The largest absolute Gasteiger partial charge is 0.388 e. The first-order valence-electron chi connectivity index (χ1n) is 11.4. The lowest BCUT2D eigenvalue weighted by molar-refractivity contribution is -0.129. The van der Waals surface area contributed by atoms with Crippen LogP contribution in [0.4, 0.5) is 0 Å². The minimum atomic E-state index is -0.306. The summed E-state index contributed by atoms with van der Waals surface area (Å²) in [4.78, 5) is 7.13. The van der Waals surface area contributed by atoms with E-state index in [1.807, 2.05) is 18.3 Å². The zero-order valence-electron chi connectivity index (χ0n) is 17.8. The molecule has 0 unspecified atom stereocenters. The molecule has 3 heteroatoms. The van der Waals surface area contributed by atoms with Gasteiger partial charge in [0, 0.05) is 17.7 Å². The van der Waals surface area contributed by atoms with Crippen molar-refractivity contribution >= 4 is 6.08 Å². The highest BCUT2D eigenvalue weighted by Crippen LogP contribution is 2.65. The van der Waals surface area contributed by atoms with Gasteiger partial charge in [0.25, 0.3) is 0 Å². The molecule has 3 saturated carbocycles. The summed E-state index contributed by atoms with van der Waals surface area (Å²) in [6.07, 6.45) is 12.7. The maximum atomic E-state index is 11.3. The van der Waals surface area contributed by atoms with Crippen LogP contribution in [0.15, 0.2) is 30.0 Å². The molecule has 0 aromatic carbocycles. The summed E-state index contributed by atoms with van der Waals surface area (Å²) in [5.74, 6) is 2.23. The number of aromatic nitrogens is 1. The van der Waals surface area contributed by atoms with Crippen LogP contribution < -0.4 is 0 Å². The Morgan fingerprint density at radius 3 is 2.75 bits per heavy atom. The Kier molecular flexibility index (Phi) is 4.48. The van der Waals surface area contributed by atoms with Gasteiger partial charge in [0.2, 0.25) is 0 Å². The molecule has 1 saturated heterocycles. The van der Waals surface area contributed by atoms with Crippen molar-refractivity contribution in [2.75, 3.05) is 13.6 Å². The van der Waals surface area contributed by atoms with Crippen LogP contribution in [0.1, 0.15) is 64.5 Å². The van der Waals surface area contributed by atoms with Gasteiger partial charge in [-0.25, -0.2) is 0 Å². The first-order valence-corrected chi connectivity index (χ1v) is 11.4. The standard InChI is InChI=1S/C25H36N2O/c1-24-11-6-14-27(3)22(24)9-8-19-20(24)10-12-25(2)21(19)16-17(23(25)28)15-18-7-4-5-13-26-18/h4-5,7,13,15,19-23,28H,6,8-12,14,16H2,1-3H3/b17-15+/t19-,20+,21+,22-,23+,24-,25+/m1/s1. The summed E-state index contributed by atoms with van der Waals surface area (Å²) < 4.78 is 0. The van der Waals surface area contributed by atoms with Crippen LogP contribution in [-0.4, -0.2) is 40.7 Å². The van der Waals surface area contributed by atoms with E-state index in [-0.39, 0.29) is 11.5 Å². The van der Waals surface area contributed by atoms with Gasteiger partial charge in [-0.1, -0.05) is 19.9 Å². The number of rotatable bonds is 1. The van der Waals surface area contributed by atoms with Gasteiger partial charge in [-0.2, -0.15) is 0 Å². The zero-order chi connectivity index (χ0) is 19.5. The minimum Gasteiger partial charge on any atom is -0.388 e. The Morgan fingerprint density at radius 2 is 1.96 bits per heavy atom. The summed E-state index contributed by atoms with van der Waals surface area (Å²) in [5.41, 5.74) is 2.72. The van der Waals surface area contributed by atoms with E-state index in [1.165, 1.54) is 50.6 Å². The van der Waals surface area contributed by atoms with Gasteiger partial charge in [-0.05, 0) is 105 Å². The molecule has 0 radical (unpaired) electrons. The summed E-state index contributed by atoms with van der Waals surface area (Å²) >= 11 is 0. The Hall–Kier alpha value is -1.19. The zero-order valence-corrected chi connectivity index (χ0v) is 17.8. The van der Waals surface area contributed by atoms with Crippen molar-refractivity contribution in [2.24, 2.45) is 28.6 Å². The fourth-order valence-electron chi connectivity index (χ4n) is 8.03. The average molecular weight is 381 g/mol. The molecule has 3 aliphatic carbocycles. The van der Waals surface area contributed by atoms with Crippen molar-refractivity contribution in [3.8, 4) is 0 Å². The van der Waals surface area contributed by atoms with Crippen molar-refractivity contribution in [3.63, 3.8) is 0 Å². The average Bonchev–Trinajstić information content (AvgIpc) is 2.93. The molecule has 4 fully saturated rings. The van der Waals surface area contributed by atoms with Crippen LogP contribution in [0.5, 0.6) is 0 Å². The van der Waals surface area contributed by atoms with Gasteiger partial charge in [-0.3, -0.25) is 4.98 Å². The predicted octanol–water partition coefficient (Wildman–Crippen LogP) is 4.77. The number of hydrogen-bond acceptors (Lipinski definition) is 3. The molecule has 1 N–H and O–H groups in total. The normalized spacial score (nSPS) is 47.4. The van der Waals surface area contributed by atoms with Crippen molar-refractivity contribution < 1.29 is 5.11 Å². The van der Waals surface area contributed by atoms with E-state index >= 15 is 0 Å². The summed E-state index contributed by atoms with van der Waals surface area (Å²) in [5, 5.41) is 11.3. The van der Waals surface area contributed by atoms with Gasteiger partial charge < -0.3 is 10.0 Å². The fourth-order valence-corrected chi connectivity index (χ4v) is 8.03. The monoisotopic (exact) mass is 380 g/mol. The van der Waals surface area contributed by atoms with E-state index < -0.39 is 0 Å². The highest BCUT2D eigenvalue weighted by atomic mass is 16.3. The van der Waals surface area contributed by atoms with Crippen LogP contribution in [0, 0.1) is 28.6 Å². The van der Waals surface area contributed by atoms with Gasteiger partial charge in [0.15, 0.2) is 0 Å². The highest BCUT2D eigenvalue weighted by Gasteiger charge is 2.61. The van der Waals surface area contributed by atoms with E-state index in [1.54, 1.807) is 0 Å². The number of piperidine rings is 1. The Bertz CT molecular complexity index is 761. The molecule has 2 heterocycles. The van der Waals surface area contributed by atoms with Crippen LogP contribution >= 0.6 is 0 Å². The van der Waals surface area contributed by atoms with Gasteiger partial charge in [0.05, 0.1) is 11.8 Å². The number of likely N-dealkylation sites (tertiary alicyclic amines) is 1. The quantitative estimate of drug-likeness (QED) is 0.762. The van der Waals surface area contributed by atoms with E-state index in [0.717, 1.165) is 30.0 Å². The van der Waals surface area contributed by atoms with E-state index in [9.17, 15) is 5.11 Å². The second-order valence-electron chi connectivity index (χ2n) is 10.7. The van der Waals surface area contributed by atoms with Crippen molar-refractivity contribution in [1.82, 2.24) is 9.88 Å². The molecule has 1 aliphatic heterocycles. The topological polar surface area (TPSA) is 36.4 Å². The van der Waals surface area contributed by atoms with Crippen molar-refractivity contribution in [2.45, 2.75) is 70.9 Å². The second kappa shape index (κ2) is 6.67. The maximum absolute atomic E-state index is 11.3. The minimum absolute atomic E-state index is 0.0472. The molecule has 0 bridgehead atoms. The molecule has 152 valence electrons. The molecule has 0 spiro atoms. The first kappa shape index (κ1) is 18.8. The predicted molar refractivity (Wildman–Crippen MR) is 114 cm³/mol.